The number of thiazole rings is 1. The summed E-state index contributed by atoms with van der Waals surface area (Å²) in [5.41, 5.74) is 1.86. The number of aromatic nitrogens is 1. The van der Waals surface area contributed by atoms with E-state index in [0.717, 1.165) is 49.0 Å². The first-order valence-corrected chi connectivity index (χ1v) is 8.22. The summed E-state index contributed by atoms with van der Waals surface area (Å²) in [5, 5.41) is 6.50. The van der Waals surface area contributed by atoms with E-state index in [4.69, 9.17) is 0 Å². The van der Waals surface area contributed by atoms with Gasteiger partial charge in [-0.1, -0.05) is 0 Å². The Kier molecular flexibility index (Phi) is 4.45. The van der Waals surface area contributed by atoms with Crippen molar-refractivity contribution in [3.05, 3.63) is 38.9 Å². The van der Waals surface area contributed by atoms with Gasteiger partial charge in [-0.15, -0.1) is 11.3 Å². The van der Waals surface area contributed by atoms with Crippen LogP contribution in [0.5, 0.6) is 0 Å². The standard InChI is InChI=1S/C14H15BrFN3S/c15-11-7-10(1-2-12(11)16)13-9-20-14(18-13)8-19-5-3-17-4-6-19/h1-2,7,9,17H,3-6,8H2. The van der Waals surface area contributed by atoms with Gasteiger partial charge in [0, 0.05) is 37.1 Å². The van der Waals surface area contributed by atoms with E-state index in [2.05, 4.69) is 31.1 Å². The molecule has 1 fully saturated rings. The average molecular weight is 356 g/mol. The van der Waals surface area contributed by atoms with Crippen LogP contribution in [0.4, 0.5) is 4.39 Å². The molecule has 1 aliphatic rings. The molecule has 0 bridgehead atoms. The molecule has 0 saturated carbocycles. The molecular formula is C14H15BrFN3S. The van der Waals surface area contributed by atoms with Gasteiger partial charge in [0.15, 0.2) is 0 Å². The highest BCUT2D eigenvalue weighted by Crippen LogP contribution is 2.26. The normalized spacial score (nSPS) is 16.5. The summed E-state index contributed by atoms with van der Waals surface area (Å²) < 4.78 is 13.7. The molecule has 106 valence electrons. The van der Waals surface area contributed by atoms with E-state index in [1.165, 1.54) is 6.07 Å². The molecule has 0 radical (unpaired) electrons. The number of piperazine rings is 1. The molecule has 2 heterocycles. The summed E-state index contributed by atoms with van der Waals surface area (Å²) in [6.45, 7) is 5.12. The van der Waals surface area contributed by atoms with Crippen molar-refractivity contribution in [2.45, 2.75) is 6.54 Å². The number of benzene rings is 1. The maximum Gasteiger partial charge on any atom is 0.137 e. The van der Waals surface area contributed by atoms with Crippen LogP contribution in [0.15, 0.2) is 28.1 Å². The Hall–Kier alpha value is -0.820. The van der Waals surface area contributed by atoms with Crippen LogP contribution < -0.4 is 5.32 Å². The third-order valence-electron chi connectivity index (χ3n) is 3.34. The van der Waals surface area contributed by atoms with Gasteiger partial charge in [0.1, 0.15) is 10.8 Å². The van der Waals surface area contributed by atoms with Gasteiger partial charge < -0.3 is 5.32 Å². The molecule has 1 aromatic carbocycles. The Balaban J connectivity index is 1.73. The highest BCUT2D eigenvalue weighted by molar-refractivity contribution is 9.10. The minimum Gasteiger partial charge on any atom is -0.314 e. The van der Waals surface area contributed by atoms with E-state index in [1.54, 1.807) is 23.5 Å². The van der Waals surface area contributed by atoms with Gasteiger partial charge in [-0.2, -0.15) is 0 Å². The van der Waals surface area contributed by atoms with Gasteiger partial charge in [0.05, 0.1) is 16.7 Å². The lowest BCUT2D eigenvalue weighted by molar-refractivity contribution is 0.233. The number of hydrogen-bond acceptors (Lipinski definition) is 4. The lowest BCUT2D eigenvalue weighted by atomic mass is 10.2. The molecule has 2 aromatic rings. The highest BCUT2D eigenvalue weighted by Gasteiger charge is 2.13. The molecule has 1 aliphatic heterocycles. The first-order valence-electron chi connectivity index (χ1n) is 6.55. The Morgan fingerprint density at radius 3 is 2.90 bits per heavy atom. The predicted molar refractivity (Wildman–Crippen MR) is 83.4 cm³/mol. The molecule has 6 heteroatoms. The van der Waals surface area contributed by atoms with E-state index >= 15 is 0 Å². The fraction of sp³-hybridized carbons (Fsp3) is 0.357. The van der Waals surface area contributed by atoms with Crippen LogP contribution in [0.1, 0.15) is 5.01 Å². The first-order chi connectivity index (χ1) is 9.72. The average Bonchev–Trinajstić information content (AvgIpc) is 2.91. The largest absolute Gasteiger partial charge is 0.314 e. The lowest BCUT2D eigenvalue weighted by Crippen LogP contribution is -2.42. The van der Waals surface area contributed by atoms with Crippen LogP contribution in [0.2, 0.25) is 0 Å². The Morgan fingerprint density at radius 1 is 1.35 bits per heavy atom. The van der Waals surface area contributed by atoms with E-state index in [9.17, 15) is 4.39 Å². The van der Waals surface area contributed by atoms with Crippen molar-refractivity contribution in [1.82, 2.24) is 15.2 Å². The second-order valence-corrected chi connectivity index (χ2v) is 6.58. The molecule has 0 amide bonds. The monoisotopic (exact) mass is 355 g/mol. The van der Waals surface area contributed by atoms with Gasteiger partial charge in [-0.25, -0.2) is 9.37 Å². The second kappa shape index (κ2) is 6.30. The molecule has 0 aliphatic carbocycles. The third-order valence-corrected chi connectivity index (χ3v) is 4.78. The number of nitrogens with one attached hydrogen (secondary N) is 1. The smallest absolute Gasteiger partial charge is 0.137 e. The zero-order valence-electron chi connectivity index (χ0n) is 10.9. The topological polar surface area (TPSA) is 28.2 Å². The summed E-state index contributed by atoms with van der Waals surface area (Å²) in [4.78, 5) is 7.06. The molecule has 0 unspecified atom stereocenters. The summed E-state index contributed by atoms with van der Waals surface area (Å²) in [7, 11) is 0. The predicted octanol–water partition coefficient (Wildman–Crippen LogP) is 3.12. The van der Waals surface area contributed by atoms with Crippen molar-refractivity contribution in [3.8, 4) is 11.3 Å². The zero-order valence-corrected chi connectivity index (χ0v) is 13.3. The Morgan fingerprint density at radius 2 is 2.15 bits per heavy atom. The summed E-state index contributed by atoms with van der Waals surface area (Å²) >= 11 is 4.88. The van der Waals surface area contributed by atoms with Crippen LogP contribution in [-0.4, -0.2) is 36.1 Å². The maximum atomic E-state index is 13.3. The molecule has 0 spiro atoms. The van der Waals surface area contributed by atoms with Gasteiger partial charge in [-0.05, 0) is 34.1 Å². The lowest BCUT2D eigenvalue weighted by Gasteiger charge is -2.26. The van der Waals surface area contributed by atoms with Crippen LogP contribution >= 0.6 is 27.3 Å². The van der Waals surface area contributed by atoms with Crippen molar-refractivity contribution < 1.29 is 4.39 Å². The van der Waals surface area contributed by atoms with Gasteiger partial charge in [0.2, 0.25) is 0 Å². The summed E-state index contributed by atoms with van der Waals surface area (Å²) in [5.74, 6) is -0.245. The van der Waals surface area contributed by atoms with Gasteiger partial charge >= 0.3 is 0 Å². The molecule has 3 nitrogen and oxygen atoms in total. The second-order valence-electron chi connectivity index (χ2n) is 4.78. The Labute approximate surface area is 130 Å². The number of rotatable bonds is 3. The fourth-order valence-corrected chi connectivity index (χ4v) is 3.46. The Bertz CT molecular complexity index is 596. The van der Waals surface area contributed by atoms with E-state index < -0.39 is 0 Å². The molecule has 20 heavy (non-hydrogen) atoms. The summed E-state index contributed by atoms with van der Waals surface area (Å²) in [6, 6.07) is 5.01. The molecule has 1 N–H and O–H groups in total. The van der Waals surface area contributed by atoms with E-state index in [0.29, 0.717) is 4.47 Å². The minimum absolute atomic E-state index is 0.245. The van der Waals surface area contributed by atoms with Gasteiger partial charge in [0.25, 0.3) is 0 Å². The maximum absolute atomic E-state index is 13.3. The fourth-order valence-electron chi connectivity index (χ4n) is 2.23. The number of nitrogens with zero attached hydrogens (tertiary/aromatic N) is 2. The molecule has 1 saturated heterocycles. The summed E-state index contributed by atoms with van der Waals surface area (Å²) in [6.07, 6.45) is 0. The minimum atomic E-state index is -0.245. The van der Waals surface area contributed by atoms with Crippen molar-refractivity contribution in [3.63, 3.8) is 0 Å². The van der Waals surface area contributed by atoms with Crippen LogP contribution in [0.3, 0.4) is 0 Å². The highest BCUT2D eigenvalue weighted by atomic mass is 79.9. The SMILES string of the molecule is Fc1ccc(-c2csc(CN3CCNCC3)n2)cc1Br. The van der Waals surface area contributed by atoms with Crippen molar-refractivity contribution in [2.75, 3.05) is 26.2 Å². The van der Waals surface area contributed by atoms with Crippen molar-refractivity contribution in [1.29, 1.82) is 0 Å². The third kappa shape index (κ3) is 3.25. The molecular weight excluding hydrogens is 341 g/mol. The van der Waals surface area contributed by atoms with Crippen molar-refractivity contribution in [2.24, 2.45) is 0 Å². The number of halogens is 2. The van der Waals surface area contributed by atoms with Crippen LogP contribution in [0, 0.1) is 5.82 Å². The zero-order chi connectivity index (χ0) is 13.9. The van der Waals surface area contributed by atoms with E-state index in [-0.39, 0.29) is 5.82 Å². The van der Waals surface area contributed by atoms with Crippen LogP contribution in [0.25, 0.3) is 11.3 Å². The quantitative estimate of drug-likeness (QED) is 0.916. The van der Waals surface area contributed by atoms with Gasteiger partial charge in [-0.3, -0.25) is 4.90 Å². The van der Waals surface area contributed by atoms with Crippen LogP contribution in [-0.2, 0) is 6.54 Å². The number of hydrogen-bond donors (Lipinski definition) is 1. The van der Waals surface area contributed by atoms with E-state index in [1.807, 2.05) is 5.38 Å². The molecule has 1 aromatic heterocycles. The first kappa shape index (κ1) is 14.1. The molecule has 3 rings (SSSR count). The van der Waals surface area contributed by atoms with Crippen molar-refractivity contribution >= 4 is 27.3 Å². The molecule has 0 atom stereocenters.